The van der Waals surface area contributed by atoms with Crippen molar-refractivity contribution in [1.29, 1.82) is 0 Å². The van der Waals surface area contributed by atoms with Crippen molar-refractivity contribution < 1.29 is 27.2 Å². The fraction of sp³-hybridized carbons (Fsp3) is 0.125. The Morgan fingerprint density at radius 3 is 2.66 bits per heavy atom. The molecule has 0 bridgehead atoms. The van der Waals surface area contributed by atoms with E-state index in [1.807, 2.05) is 0 Å². The van der Waals surface area contributed by atoms with E-state index in [0.29, 0.717) is 27.9 Å². The minimum Gasteiger partial charge on any atom is -0.458 e. The van der Waals surface area contributed by atoms with Crippen LogP contribution in [0.1, 0.15) is 22.8 Å². The number of nitrogen functional groups attached to an aromatic ring is 1. The minimum atomic E-state index is -4.09. The summed E-state index contributed by atoms with van der Waals surface area (Å²) < 4.78 is 37.0. The van der Waals surface area contributed by atoms with Crippen molar-refractivity contribution in [3.05, 3.63) is 81.6 Å². The van der Waals surface area contributed by atoms with Gasteiger partial charge in [0.25, 0.3) is 5.56 Å². The van der Waals surface area contributed by atoms with E-state index in [4.69, 9.17) is 14.7 Å². The lowest BCUT2D eigenvalue weighted by Crippen LogP contribution is -2.32. The van der Waals surface area contributed by atoms with Gasteiger partial charge in [0.15, 0.2) is 11.9 Å². The normalized spacial score (nSPS) is 16.4. The number of hydrogen-bond donors (Lipinski definition) is 2. The summed E-state index contributed by atoms with van der Waals surface area (Å²) in [7, 11) is -4.09. The standard InChI is InChI=1S/C24H17N3O7S/c25-20-15-8-12-10-27-18(9-14-16(23(27)29)11-33-24(30)22(14)28)21(12)26-17(15)6-7-19(20)34-35(31,32)13-4-2-1-3-5-13/h1-9,22,28H,10-11,25H2/t22-/m0/s1. The Balaban J connectivity index is 1.45. The maximum atomic E-state index is 13.1. The van der Waals surface area contributed by atoms with Gasteiger partial charge in [-0.2, -0.15) is 8.42 Å². The number of carbonyl (C=O) groups is 1. The molecule has 2 aromatic heterocycles. The van der Waals surface area contributed by atoms with Crippen LogP contribution in [0.15, 0.2) is 64.3 Å². The van der Waals surface area contributed by atoms with Gasteiger partial charge in [-0.1, -0.05) is 18.2 Å². The van der Waals surface area contributed by atoms with E-state index < -0.39 is 22.2 Å². The number of rotatable bonds is 3. The molecule has 2 aliphatic rings. The third kappa shape index (κ3) is 3.20. The number of aliphatic hydroxyl groups is 1. The van der Waals surface area contributed by atoms with Crippen molar-refractivity contribution in [2.24, 2.45) is 0 Å². The summed E-state index contributed by atoms with van der Waals surface area (Å²) >= 11 is 0. The Morgan fingerprint density at radius 2 is 1.89 bits per heavy atom. The van der Waals surface area contributed by atoms with Gasteiger partial charge in [0.05, 0.1) is 34.7 Å². The highest BCUT2D eigenvalue weighted by atomic mass is 32.2. The van der Waals surface area contributed by atoms with Crippen molar-refractivity contribution in [2.45, 2.75) is 24.2 Å². The molecule has 0 radical (unpaired) electrons. The molecule has 176 valence electrons. The average molecular weight is 491 g/mol. The van der Waals surface area contributed by atoms with Crippen LogP contribution >= 0.6 is 0 Å². The van der Waals surface area contributed by atoms with Gasteiger partial charge in [-0.05, 0) is 36.4 Å². The van der Waals surface area contributed by atoms with E-state index >= 15 is 0 Å². The third-order valence-corrected chi connectivity index (χ3v) is 7.44. The van der Waals surface area contributed by atoms with Gasteiger partial charge in [-0.3, -0.25) is 4.79 Å². The van der Waals surface area contributed by atoms with Crippen LogP contribution in [0.3, 0.4) is 0 Å². The Labute approximate surface area is 198 Å². The highest BCUT2D eigenvalue weighted by Gasteiger charge is 2.34. The Hall–Kier alpha value is -4.22. The maximum absolute atomic E-state index is 13.1. The second-order valence-corrected chi connectivity index (χ2v) is 9.80. The first-order valence-corrected chi connectivity index (χ1v) is 12.0. The van der Waals surface area contributed by atoms with E-state index in [1.54, 1.807) is 36.4 Å². The first-order valence-electron chi connectivity index (χ1n) is 10.6. The molecule has 35 heavy (non-hydrogen) atoms. The molecule has 0 spiro atoms. The molecule has 2 aromatic carbocycles. The highest BCUT2D eigenvalue weighted by Crippen LogP contribution is 2.38. The van der Waals surface area contributed by atoms with Gasteiger partial charge < -0.3 is 24.3 Å². The number of hydrogen-bond acceptors (Lipinski definition) is 9. The molecule has 3 N–H and O–H groups in total. The highest BCUT2D eigenvalue weighted by molar-refractivity contribution is 7.87. The number of fused-ring (bicyclic) bond motifs is 5. The zero-order chi connectivity index (χ0) is 24.5. The molecule has 10 nitrogen and oxygen atoms in total. The summed E-state index contributed by atoms with van der Waals surface area (Å²) in [6.07, 6.45) is -1.54. The second kappa shape index (κ2) is 7.39. The Bertz CT molecular complexity index is 1730. The van der Waals surface area contributed by atoms with Crippen LogP contribution in [0.25, 0.3) is 22.3 Å². The molecule has 6 rings (SSSR count). The number of nitrogens with zero attached hydrogens (tertiary/aromatic N) is 2. The Morgan fingerprint density at radius 1 is 1.11 bits per heavy atom. The summed E-state index contributed by atoms with van der Waals surface area (Å²) in [5, 5.41) is 10.7. The van der Waals surface area contributed by atoms with Gasteiger partial charge in [0, 0.05) is 16.5 Å². The molecule has 0 amide bonds. The number of benzene rings is 2. The van der Waals surface area contributed by atoms with E-state index in [0.717, 1.165) is 0 Å². The van der Waals surface area contributed by atoms with Crippen molar-refractivity contribution in [3.8, 4) is 17.1 Å². The number of cyclic esters (lactones) is 1. The zero-order valence-electron chi connectivity index (χ0n) is 18.0. The number of anilines is 1. The fourth-order valence-corrected chi connectivity index (χ4v) is 5.40. The number of esters is 1. The predicted molar refractivity (Wildman–Crippen MR) is 124 cm³/mol. The molecule has 0 aliphatic carbocycles. The monoisotopic (exact) mass is 491 g/mol. The number of pyridine rings is 2. The number of aromatic nitrogens is 2. The molecule has 11 heteroatoms. The number of nitrogens with two attached hydrogens (primary N) is 1. The van der Waals surface area contributed by atoms with Crippen molar-refractivity contribution >= 4 is 32.7 Å². The lowest BCUT2D eigenvalue weighted by atomic mass is 10.0. The molecular weight excluding hydrogens is 474 g/mol. The molecule has 4 aromatic rings. The summed E-state index contributed by atoms with van der Waals surface area (Å²) in [5.41, 5.74) is 8.53. The molecule has 4 heterocycles. The topological polar surface area (TPSA) is 151 Å². The van der Waals surface area contributed by atoms with Crippen LogP contribution in [0, 0.1) is 0 Å². The second-order valence-electron chi connectivity index (χ2n) is 8.26. The van der Waals surface area contributed by atoms with Gasteiger partial charge in [-0.15, -0.1) is 0 Å². The first kappa shape index (κ1) is 21.3. The summed E-state index contributed by atoms with van der Waals surface area (Å²) in [5.74, 6) is -0.845. The van der Waals surface area contributed by atoms with Crippen LogP contribution in [-0.4, -0.2) is 29.0 Å². The predicted octanol–water partition coefficient (Wildman–Crippen LogP) is 1.87. The smallest absolute Gasteiger partial charge is 0.340 e. The molecule has 0 fully saturated rings. The largest absolute Gasteiger partial charge is 0.458 e. The van der Waals surface area contributed by atoms with Gasteiger partial charge >= 0.3 is 16.1 Å². The number of aliphatic hydroxyl groups excluding tert-OH is 1. The van der Waals surface area contributed by atoms with E-state index in [1.165, 1.54) is 22.8 Å². The number of carbonyl (C=O) groups excluding carboxylic acids is 1. The van der Waals surface area contributed by atoms with E-state index in [-0.39, 0.29) is 46.2 Å². The van der Waals surface area contributed by atoms with Crippen molar-refractivity contribution in [2.75, 3.05) is 5.73 Å². The molecule has 0 saturated heterocycles. The molecule has 1 atom stereocenters. The molecule has 2 aliphatic heterocycles. The molecule has 0 saturated carbocycles. The summed E-state index contributed by atoms with van der Waals surface area (Å²) in [4.78, 5) is 29.5. The van der Waals surface area contributed by atoms with Gasteiger partial charge in [-0.25, -0.2) is 9.78 Å². The quantitative estimate of drug-likeness (QED) is 0.219. The van der Waals surface area contributed by atoms with Crippen LogP contribution in [0.4, 0.5) is 5.69 Å². The van der Waals surface area contributed by atoms with Gasteiger partial charge in [0.2, 0.25) is 0 Å². The third-order valence-electron chi connectivity index (χ3n) is 6.19. The molecular formula is C24H17N3O7S. The zero-order valence-corrected chi connectivity index (χ0v) is 18.8. The fourth-order valence-electron chi connectivity index (χ4n) is 4.43. The van der Waals surface area contributed by atoms with Crippen LogP contribution in [-0.2, 0) is 32.8 Å². The number of ether oxygens (including phenoxy) is 1. The van der Waals surface area contributed by atoms with Crippen LogP contribution < -0.4 is 15.5 Å². The van der Waals surface area contributed by atoms with Crippen molar-refractivity contribution in [1.82, 2.24) is 9.55 Å². The van der Waals surface area contributed by atoms with Crippen LogP contribution in [0.2, 0.25) is 0 Å². The molecule has 0 unspecified atom stereocenters. The van der Waals surface area contributed by atoms with Crippen molar-refractivity contribution in [3.63, 3.8) is 0 Å². The average Bonchev–Trinajstić information content (AvgIpc) is 3.21. The minimum absolute atomic E-state index is 0.00462. The SMILES string of the molecule is Nc1c(OS(=O)(=O)c2ccccc2)ccc2nc3c(cc12)Cn1c-3cc2c(c1=O)COC(=O)[C@H]2O. The lowest BCUT2D eigenvalue weighted by Gasteiger charge is -2.21. The van der Waals surface area contributed by atoms with Gasteiger partial charge in [0.1, 0.15) is 11.5 Å². The van der Waals surface area contributed by atoms with Crippen LogP contribution in [0.5, 0.6) is 5.75 Å². The summed E-state index contributed by atoms with van der Waals surface area (Å²) in [6.45, 7) is -0.0176. The lowest BCUT2D eigenvalue weighted by molar-refractivity contribution is -0.157. The maximum Gasteiger partial charge on any atom is 0.340 e. The van der Waals surface area contributed by atoms with E-state index in [2.05, 4.69) is 4.98 Å². The first-order chi connectivity index (χ1) is 16.7. The van der Waals surface area contributed by atoms with E-state index in [9.17, 15) is 23.1 Å². The Kier molecular flexibility index (Phi) is 4.50. The summed E-state index contributed by atoms with van der Waals surface area (Å²) in [6, 6.07) is 14.0.